The monoisotopic (exact) mass is 362 g/mol. The van der Waals surface area contributed by atoms with E-state index in [1.807, 2.05) is 25.1 Å². The minimum Gasteiger partial charge on any atom is -0.486 e. The average molecular weight is 363 g/mol. The molecule has 2 aromatic rings. The lowest BCUT2D eigenvalue weighted by atomic mass is 10.1. The fourth-order valence-electron chi connectivity index (χ4n) is 2.23. The largest absolute Gasteiger partial charge is 0.486 e. The number of carbonyl (C=O) groups is 1. The molecule has 6 heteroatoms. The number of amides is 1. The molecule has 1 amide bonds. The molecule has 0 fully saturated rings. The van der Waals surface area contributed by atoms with E-state index in [9.17, 15) is 4.79 Å². The molecule has 1 atom stereocenters. The summed E-state index contributed by atoms with van der Waals surface area (Å²) < 4.78 is 11.8. The first-order valence-corrected chi connectivity index (χ1v) is 7.74. The summed E-state index contributed by atoms with van der Waals surface area (Å²) in [4.78, 5) is 16.2. The van der Waals surface area contributed by atoms with Crippen LogP contribution >= 0.6 is 15.9 Å². The number of nitrogens with zero attached hydrogens (tertiary/aromatic N) is 1. The molecule has 0 saturated carbocycles. The van der Waals surface area contributed by atoms with Crippen LogP contribution in [0.3, 0.4) is 0 Å². The molecule has 0 aliphatic carbocycles. The zero-order valence-electron chi connectivity index (χ0n) is 12.0. The molecule has 0 saturated heterocycles. The highest BCUT2D eigenvalue weighted by molar-refractivity contribution is 9.10. The maximum absolute atomic E-state index is 12.2. The van der Waals surface area contributed by atoms with Crippen LogP contribution in [-0.2, 0) is 0 Å². The molecule has 1 aromatic carbocycles. The lowest BCUT2D eigenvalue weighted by Crippen LogP contribution is -2.27. The van der Waals surface area contributed by atoms with Gasteiger partial charge in [-0.25, -0.2) is 0 Å². The van der Waals surface area contributed by atoms with Crippen LogP contribution in [0.2, 0.25) is 0 Å². The quantitative estimate of drug-likeness (QED) is 0.911. The molecule has 3 rings (SSSR count). The van der Waals surface area contributed by atoms with Crippen LogP contribution < -0.4 is 14.8 Å². The van der Waals surface area contributed by atoms with Gasteiger partial charge in [0.15, 0.2) is 11.5 Å². The van der Waals surface area contributed by atoms with Gasteiger partial charge >= 0.3 is 0 Å². The number of nitrogens with one attached hydrogen (secondary N) is 1. The van der Waals surface area contributed by atoms with Crippen LogP contribution in [0.1, 0.15) is 28.9 Å². The Balaban J connectivity index is 1.74. The predicted octanol–water partition coefficient (Wildman–Crippen LogP) is 3.11. The van der Waals surface area contributed by atoms with E-state index < -0.39 is 0 Å². The van der Waals surface area contributed by atoms with Gasteiger partial charge in [0.25, 0.3) is 5.91 Å². The first-order valence-electron chi connectivity index (χ1n) is 6.94. The number of hydrogen-bond acceptors (Lipinski definition) is 4. The summed E-state index contributed by atoms with van der Waals surface area (Å²) in [7, 11) is 0. The van der Waals surface area contributed by atoms with Gasteiger partial charge < -0.3 is 14.8 Å². The SMILES string of the molecule is C[C@@H](NC(=O)c1cncc(Br)c1)c1ccc2c(c1)OCCO2. The van der Waals surface area contributed by atoms with Gasteiger partial charge in [0.2, 0.25) is 0 Å². The molecule has 5 nitrogen and oxygen atoms in total. The van der Waals surface area contributed by atoms with Crippen LogP contribution in [0.5, 0.6) is 11.5 Å². The van der Waals surface area contributed by atoms with Crippen LogP contribution in [0.4, 0.5) is 0 Å². The molecule has 1 N–H and O–H groups in total. The lowest BCUT2D eigenvalue weighted by Gasteiger charge is -2.21. The summed E-state index contributed by atoms with van der Waals surface area (Å²) in [5.74, 6) is 1.29. The Morgan fingerprint density at radius 1 is 1.23 bits per heavy atom. The van der Waals surface area contributed by atoms with E-state index in [1.165, 1.54) is 6.20 Å². The molecule has 2 heterocycles. The fourth-order valence-corrected chi connectivity index (χ4v) is 2.59. The van der Waals surface area contributed by atoms with Crippen molar-refractivity contribution < 1.29 is 14.3 Å². The number of hydrogen-bond donors (Lipinski definition) is 1. The van der Waals surface area contributed by atoms with Crippen molar-refractivity contribution in [2.75, 3.05) is 13.2 Å². The molecular weight excluding hydrogens is 348 g/mol. The highest BCUT2D eigenvalue weighted by atomic mass is 79.9. The lowest BCUT2D eigenvalue weighted by molar-refractivity contribution is 0.0939. The Hall–Kier alpha value is -2.08. The summed E-state index contributed by atoms with van der Waals surface area (Å²) in [6.45, 7) is 3.03. The second-order valence-electron chi connectivity index (χ2n) is 4.99. The van der Waals surface area contributed by atoms with E-state index >= 15 is 0 Å². The molecule has 114 valence electrons. The number of aromatic nitrogens is 1. The van der Waals surface area contributed by atoms with Crippen molar-refractivity contribution in [2.45, 2.75) is 13.0 Å². The summed E-state index contributed by atoms with van der Waals surface area (Å²) in [5.41, 5.74) is 1.47. The van der Waals surface area contributed by atoms with E-state index in [1.54, 1.807) is 12.3 Å². The van der Waals surface area contributed by atoms with Gasteiger partial charge in [0, 0.05) is 16.9 Å². The smallest absolute Gasteiger partial charge is 0.253 e. The van der Waals surface area contributed by atoms with Crippen molar-refractivity contribution in [3.63, 3.8) is 0 Å². The van der Waals surface area contributed by atoms with Gasteiger partial charge in [-0.15, -0.1) is 0 Å². The first-order chi connectivity index (χ1) is 10.6. The zero-order valence-corrected chi connectivity index (χ0v) is 13.6. The minimum atomic E-state index is -0.170. The second kappa shape index (κ2) is 6.36. The average Bonchev–Trinajstić information content (AvgIpc) is 2.54. The Kier molecular flexibility index (Phi) is 4.29. The fraction of sp³-hybridized carbons (Fsp3) is 0.250. The Morgan fingerprint density at radius 3 is 2.77 bits per heavy atom. The second-order valence-corrected chi connectivity index (χ2v) is 5.91. The maximum Gasteiger partial charge on any atom is 0.253 e. The van der Waals surface area contributed by atoms with E-state index in [4.69, 9.17) is 9.47 Å². The van der Waals surface area contributed by atoms with Crippen molar-refractivity contribution in [3.8, 4) is 11.5 Å². The van der Waals surface area contributed by atoms with Crippen molar-refractivity contribution in [2.24, 2.45) is 0 Å². The number of fused-ring (bicyclic) bond motifs is 1. The Morgan fingerprint density at radius 2 is 2.00 bits per heavy atom. The minimum absolute atomic E-state index is 0.151. The Labute approximate surface area is 136 Å². The van der Waals surface area contributed by atoms with Gasteiger partial charge in [-0.3, -0.25) is 9.78 Å². The maximum atomic E-state index is 12.2. The normalized spacial score (nSPS) is 14.3. The summed E-state index contributed by atoms with van der Waals surface area (Å²) in [5, 5.41) is 2.95. The number of halogens is 1. The standard InChI is InChI=1S/C16H15BrN2O3/c1-10(19-16(20)12-6-13(17)9-18-8-12)11-2-3-14-15(7-11)22-5-4-21-14/h2-3,6-10H,4-5H2,1H3,(H,19,20)/t10-/m1/s1. The molecule has 22 heavy (non-hydrogen) atoms. The van der Waals surface area contributed by atoms with Gasteiger partial charge in [-0.2, -0.15) is 0 Å². The van der Waals surface area contributed by atoms with Crippen LogP contribution in [-0.4, -0.2) is 24.1 Å². The van der Waals surface area contributed by atoms with E-state index in [2.05, 4.69) is 26.2 Å². The highest BCUT2D eigenvalue weighted by Crippen LogP contribution is 2.32. The molecule has 1 aromatic heterocycles. The van der Waals surface area contributed by atoms with Gasteiger partial charge in [-0.1, -0.05) is 6.07 Å². The molecule has 1 aliphatic rings. The third-order valence-corrected chi connectivity index (χ3v) is 3.81. The molecule has 0 radical (unpaired) electrons. The number of rotatable bonds is 3. The molecule has 1 aliphatic heterocycles. The first kappa shape index (κ1) is 14.8. The highest BCUT2D eigenvalue weighted by Gasteiger charge is 2.16. The molecular formula is C16H15BrN2O3. The van der Waals surface area contributed by atoms with Crippen LogP contribution in [0, 0.1) is 0 Å². The van der Waals surface area contributed by atoms with Crippen molar-refractivity contribution in [1.82, 2.24) is 10.3 Å². The molecule has 0 bridgehead atoms. The third kappa shape index (κ3) is 3.22. The summed E-state index contributed by atoms with van der Waals surface area (Å²) in [6, 6.07) is 7.28. The van der Waals surface area contributed by atoms with E-state index in [0.717, 1.165) is 15.8 Å². The van der Waals surface area contributed by atoms with Gasteiger partial charge in [0.1, 0.15) is 13.2 Å². The third-order valence-electron chi connectivity index (χ3n) is 3.38. The zero-order chi connectivity index (χ0) is 15.5. The van der Waals surface area contributed by atoms with Gasteiger partial charge in [-0.05, 0) is 46.6 Å². The molecule has 0 unspecified atom stereocenters. The topological polar surface area (TPSA) is 60.5 Å². The van der Waals surface area contributed by atoms with Crippen molar-refractivity contribution in [3.05, 3.63) is 52.3 Å². The number of pyridine rings is 1. The number of benzene rings is 1. The van der Waals surface area contributed by atoms with Gasteiger partial charge in [0.05, 0.1) is 11.6 Å². The van der Waals surface area contributed by atoms with Crippen molar-refractivity contribution in [1.29, 1.82) is 0 Å². The van der Waals surface area contributed by atoms with Crippen LogP contribution in [0.15, 0.2) is 41.1 Å². The van der Waals surface area contributed by atoms with Crippen LogP contribution in [0.25, 0.3) is 0 Å². The summed E-state index contributed by atoms with van der Waals surface area (Å²) in [6.07, 6.45) is 3.18. The predicted molar refractivity (Wildman–Crippen MR) is 85.3 cm³/mol. The summed E-state index contributed by atoms with van der Waals surface area (Å²) >= 11 is 3.31. The van der Waals surface area contributed by atoms with E-state index in [-0.39, 0.29) is 11.9 Å². The van der Waals surface area contributed by atoms with Crippen molar-refractivity contribution >= 4 is 21.8 Å². The van der Waals surface area contributed by atoms with E-state index in [0.29, 0.717) is 24.5 Å². The molecule has 0 spiro atoms. The Bertz CT molecular complexity index is 706. The number of carbonyl (C=O) groups excluding carboxylic acids is 1. The number of ether oxygens (including phenoxy) is 2.